The summed E-state index contributed by atoms with van der Waals surface area (Å²) in [5.41, 5.74) is 3.08. The molecular weight excluding hydrogens is 885 g/mol. The van der Waals surface area contributed by atoms with Gasteiger partial charge in [-0.05, 0) is 138 Å². The Labute approximate surface area is 394 Å². The fraction of sp³-hybridized carbons (Fsp3) is 0.412. The lowest BCUT2D eigenvalue weighted by Crippen LogP contribution is -2.72. The molecule has 16 nitrogen and oxygen atoms in total. The number of hydrogen-bond donors (Lipinski definition) is 1. The Kier molecular flexibility index (Phi) is 9.30. The molecule has 1 N–H and O–H groups in total. The highest BCUT2D eigenvalue weighted by atomic mass is 19.1. The monoisotopic (exact) mass is 937 g/mol. The van der Waals surface area contributed by atoms with Crippen LogP contribution in [0.2, 0.25) is 0 Å². The Morgan fingerprint density at radius 1 is 0.928 bits per heavy atom. The summed E-state index contributed by atoms with van der Waals surface area (Å²) < 4.78 is 50.8. The molecule has 5 aromatic heterocycles. The molecule has 8 aromatic rings. The predicted molar refractivity (Wildman–Crippen MR) is 252 cm³/mol. The number of imidazole rings is 1. The highest BCUT2D eigenvalue weighted by Crippen LogP contribution is 2.57. The molecule has 3 fully saturated rings. The van der Waals surface area contributed by atoms with Crippen molar-refractivity contribution < 1.29 is 22.8 Å². The van der Waals surface area contributed by atoms with Crippen LogP contribution in [0.25, 0.3) is 39.0 Å². The predicted octanol–water partition coefficient (Wildman–Crippen LogP) is 7.47. The third kappa shape index (κ3) is 6.16. The zero-order valence-corrected chi connectivity index (χ0v) is 39.8. The molecule has 8 heterocycles. The number of carbonyl (C=O) groups excluding carboxylic acids is 1. The van der Waals surface area contributed by atoms with Crippen molar-refractivity contribution in [3.63, 3.8) is 0 Å². The van der Waals surface area contributed by atoms with Crippen LogP contribution < -0.4 is 11.4 Å². The van der Waals surface area contributed by atoms with E-state index in [1.54, 1.807) is 60.7 Å². The fourth-order valence-corrected chi connectivity index (χ4v) is 12.2. The lowest BCUT2D eigenvalue weighted by molar-refractivity contribution is -0.122. The van der Waals surface area contributed by atoms with Crippen LogP contribution in [-0.4, -0.2) is 90.6 Å². The molecule has 1 amide bonds. The number of hydrogen-bond acceptors (Lipinski definition) is 9. The maximum Gasteiger partial charge on any atom is 0.438 e. The number of ether oxygens (including phenoxy) is 1. The molecule has 1 unspecified atom stereocenters. The molecule has 0 radical (unpaired) electrons. The second-order valence-electron chi connectivity index (χ2n) is 20.5. The van der Waals surface area contributed by atoms with Gasteiger partial charge in [-0.3, -0.25) is 33.0 Å². The molecule has 1 aliphatic carbocycles. The molecule has 5 atom stereocenters. The van der Waals surface area contributed by atoms with Crippen molar-refractivity contribution in [2.45, 2.75) is 102 Å². The SMILES string of the molecule is Cc1cc(-n2nc3c(c2-n2ccn(-c4ccc5c(cnn5C)c4F)c2=O)[C@H](C)N(C(=O)c2cc4cc([C@H]5CCOC(C)(C)C5)ccc4n2[C@@]2(c4noc(=O)[nH]4)C[C@@H]2C)C2(CCN2C)C3)cc(C)c1F. The summed E-state index contributed by atoms with van der Waals surface area (Å²) in [5, 5.41) is 14.9. The van der Waals surface area contributed by atoms with Crippen molar-refractivity contribution >= 4 is 27.7 Å². The molecule has 18 heteroatoms. The van der Waals surface area contributed by atoms with E-state index in [-0.39, 0.29) is 40.2 Å². The summed E-state index contributed by atoms with van der Waals surface area (Å²) in [4.78, 5) is 50.7. The number of benzene rings is 3. The van der Waals surface area contributed by atoms with E-state index in [1.807, 2.05) is 24.9 Å². The number of nitrogens with one attached hydrogen (secondary N) is 1. The average Bonchev–Trinajstić information content (AvgIpc) is 3.95. The standard InChI is InChI=1S/C51H53F2N11O5/c1-27-19-34(20-28(2)42(27)52)64-44(61-17-16-60(48(61)67)39-12-11-38-35(43(39)53)26-54-59(38)8)41-30(4)62(50(14-15-58(50)7)25-36(41)56-64)45(65)40-22-33-21-31(32-13-18-68-49(5,6)24-32)9-10-37(33)63(40)51(23-29(51)3)46-55-47(66)69-57-46/h9-12,16-17,19-22,26,29-30,32H,13-15,18,23-25H2,1-8H3,(H,55,57,66)/t29-,30-,32-,50?,51-/m0/s1. The third-order valence-corrected chi connectivity index (χ3v) is 16.0. The van der Waals surface area contributed by atoms with Crippen LogP contribution in [0.3, 0.4) is 0 Å². The van der Waals surface area contributed by atoms with Crippen LogP contribution >= 0.6 is 0 Å². The second kappa shape index (κ2) is 14.8. The van der Waals surface area contributed by atoms with Gasteiger partial charge in [-0.1, -0.05) is 18.1 Å². The highest BCUT2D eigenvalue weighted by molar-refractivity contribution is 6.00. The largest absolute Gasteiger partial charge is 0.438 e. The molecule has 356 valence electrons. The van der Waals surface area contributed by atoms with E-state index in [4.69, 9.17) is 14.4 Å². The van der Waals surface area contributed by atoms with E-state index in [2.05, 4.69) is 63.7 Å². The number of carbonyl (C=O) groups is 1. The van der Waals surface area contributed by atoms with Gasteiger partial charge in [0.2, 0.25) is 0 Å². The number of halogens is 2. The van der Waals surface area contributed by atoms with E-state index >= 15 is 13.6 Å². The maximum absolute atomic E-state index is 16.3. The van der Waals surface area contributed by atoms with E-state index in [0.29, 0.717) is 76.8 Å². The second-order valence-corrected chi connectivity index (χ2v) is 20.5. The number of H-pyrrole nitrogens is 1. The van der Waals surface area contributed by atoms with Crippen molar-refractivity contribution in [1.29, 1.82) is 0 Å². The van der Waals surface area contributed by atoms with Crippen LogP contribution in [0.5, 0.6) is 0 Å². The molecule has 1 saturated carbocycles. The quantitative estimate of drug-likeness (QED) is 0.171. The van der Waals surface area contributed by atoms with Gasteiger partial charge < -0.3 is 14.2 Å². The summed E-state index contributed by atoms with van der Waals surface area (Å²) in [6, 6.07) is 14.4. The molecular formula is C51H53F2N11O5. The first-order chi connectivity index (χ1) is 32.9. The van der Waals surface area contributed by atoms with Gasteiger partial charge in [0.05, 0.1) is 45.8 Å². The minimum absolute atomic E-state index is 0.0193. The Morgan fingerprint density at radius 3 is 2.33 bits per heavy atom. The minimum atomic E-state index is -0.886. The Balaban J connectivity index is 1.06. The smallest absolute Gasteiger partial charge is 0.376 e. The van der Waals surface area contributed by atoms with E-state index in [9.17, 15) is 9.59 Å². The summed E-state index contributed by atoms with van der Waals surface area (Å²) in [6.45, 7) is 13.0. The first-order valence-electron chi connectivity index (χ1n) is 23.6. The summed E-state index contributed by atoms with van der Waals surface area (Å²) in [6.07, 6.45) is 7.82. The van der Waals surface area contributed by atoms with Gasteiger partial charge in [0, 0.05) is 55.5 Å². The van der Waals surface area contributed by atoms with Crippen molar-refractivity contribution in [2.75, 3.05) is 20.2 Å². The van der Waals surface area contributed by atoms with Gasteiger partial charge in [-0.2, -0.15) is 10.2 Å². The van der Waals surface area contributed by atoms with E-state index in [1.165, 1.54) is 21.5 Å². The first kappa shape index (κ1) is 43.4. The topological polar surface area (TPSA) is 159 Å². The van der Waals surface area contributed by atoms with E-state index < -0.39 is 34.5 Å². The van der Waals surface area contributed by atoms with Crippen LogP contribution in [-0.2, 0) is 23.7 Å². The first-order valence-corrected chi connectivity index (χ1v) is 23.6. The van der Waals surface area contributed by atoms with Crippen molar-refractivity contribution in [1.82, 2.24) is 53.2 Å². The number of likely N-dealkylation sites (N-methyl/N-ethyl adjacent to an activating group) is 1. The highest BCUT2D eigenvalue weighted by Gasteiger charge is 2.61. The number of aryl methyl sites for hydroxylation is 3. The third-order valence-electron chi connectivity index (χ3n) is 16.0. The lowest BCUT2D eigenvalue weighted by atomic mass is 9.80. The molecule has 3 aromatic carbocycles. The van der Waals surface area contributed by atoms with Gasteiger partial charge in [0.15, 0.2) is 11.6 Å². The number of likely N-dealkylation sites (tertiary alicyclic amines) is 1. The molecule has 69 heavy (non-hydrogen) atoms. The van der Waals surface area contributed by atoms with Gasteiger partial charge in [0.1, 0.15) is 28.5 Å². The number of aromatic nitrogens is 9. The molecule has 3 aliphatic heterocycles. The molecule has 4 aliphatic rings. The van der Waals surface area contributed by atoms with Crippen LogP contribution in [0.4, 0.5) is 8.78 Å². The Bertz CT molecular complexity index is 3570. The normalized spacial score (nSPS) is 24.4. The summed E-state index contributed by atoms with van der Waals surface area (Å²) >= 11 is 0. The number of amides is 1. The number of aromatic amines is 1. The van der Waals surface area contributed by atoms with Crippen LogP contribution in [0.15, 0.2) is 81.2 Å². The lowest BCUT2D eigenvalue weighted by Gasteiger charge is -2.60. The zero-order valence-electron chi connectivity index (χ0n) is 39.8. The fourth-order valence-electron chi connectivity index (χ4n) is 12.2. The summed E-state index contributed by atoms with van der Waals surface area (Å²) in [5.74, 6) is -0.942. The van der Waals surface area contributed by atoms with Crippen LogP contribution in [0, 0.1) is 31.4 Å². The minimum Gasteiger partial charge on any atom is -0.376 e. The van der Waals surface area contributed by atoms with Gasteiger partial charge >= 0.3 is 11.4 Å². The van der Waals surface area contributed by atoms with Gasteiger partial charge in [-0.25, -0.2) is 23.1 Å². The Hall–Kier alpha value is -6.92. The number of fused-ring (bicyclic) bond motifs is 3. The van der Waals surface area contributed by atoms with Gasteiger partial charge in [0.25, 0.3) is 5.91 Å². The van der Waals surface area contributed by atoms with Gasteiger partial charge in [-0.15, -0.1) is 0 Å². The van der Waals surface area contributed by atoms with E-state index in [0.717, 1.165) is 35.9 Å². The molecule has 1 spiro atoms. The zero-order chi connectivity index (χ0) is 48.2. The Morgan fingerprint density at radius 2 is 1.67 bits per heavy atom. The average molecular weight is 938 g/mol. The number of nitrogens with zero attached hydrogens (tertiary/aromatic N) is 10. The maximum atomic E-state index is 16.3. The molecule has 0 bridgehead atoms. The number of rotatable bonds is 7. The van der Waals surface area contributed by atoms with Crippen molar-refractivity contribution in [3.05, 3.63) is 139 Å². The van der Waals surface area contributed by atoms with Crippen molar-refractivity contribution in [2.24, 2.45) is 13.0 Å². The molecule has 2 saturated heterocycles. The molecule has 12 rings (SSSR count). The summed E-state index contributed by atoms with van der Waals surface area (Å²) in [7, 11) is 3.73. The van der Waals surface area contributed by atoms with Crippen molar-refractivity contribution in [3.8, 4) is 17.2 Å². The van der Waals surface area contributed by atoms with Crippen LogP contribution in [0.1, 0.15) is 110 Å².